The first-order valence-corrected chi connectivity index (χ1v) is 11.1. The smallest absolute Gasteiger partial charge is 0.277 e. The van der Waals surface area contributed by atoms with Gasteiger partial charge in [-0.15, -0.1) is 10.2 Å². The molecule has 1 aliphatic carbocycles. The van der Waals surface area contributed by atoms with Gasteiger partial charge in [-0.2, -0.15) is 0 Å². The highest BCUT2D eigenvalue weighted by Crippen LogP contribution is 2.29. The lowest BCUT2D eigenvalue weighted by Crippen LogP contribution is -2.28. The molecule has 1 aromatic heterocycles. The van der Waals surface area contributed by atoms with Crippen LogP contribution in [0.3, 0.4) is 0 Å². The molecule has 0 radical (unpaired) electrons. The Balaban J connectivity index is 1.33. The van der Waals surface area contributed by atoms with Crippen LogP contribution in [0.1, 0.15) is 42.5 Å². The number of fused-ring (bicyclic) bond motifs is 1. The quantitative estimate of drug-likeness (QED) is 0.545. The van der Waals surface area contributed by atoms with Gasteiger partial charge in [0.05, 0.1) is 22.4 Å². The summed E-state index contributed by atoms with van der Waals surface area (Å²) >= 11 is 7.37. The lowest BCUT2D eigenvalue weighted by molar-refractivity contribution is -0.119. The Hall–Kier alpha value is -2.31. The number of aromatic nitrogens is 2. The van der Waals surface area contributed by atoms with Crippen LogP contribution in [-0.4, -0.2) is 21.9 Å². The second-order valence-electron chi connectivity index (χ2n) is 7.17. The van der Waals surface area contributed by atoms with Crippen molar-refractivity contribution in [2.75, 3.05) is 5.75 Å². The van der Waals surface area contributed by atoms with Gasteiger partial charge in [-0.25, -0.2) is 0 Å². The molecule has 0 fully saturated rings. The first-order chi connectivity index (χ1) is 14.1. The minimum atomic E-state index is -0.0716. The highest BCUT2D eigenvalue weighted by atomic mass is 35.5. The van der Waals surface area contributed by atoms with E-state index in [1.807, 2.05) is 25.1 Å². The van der Waals surface area contributed by atoms with Crippen molar-refractivity contribution in [3.05, 3.63) is 64.2 Å². The standard InChI is InChI=1S/C22H22ClN3O2S/c1-14(16-11-10-15-6-2-3-7-17(15)12-16)24-20(27)13-29-22-26-25-21(28-22)18-8-4-5-9-19(18)23/h4-5,8-12,14H,2-3,6-7,13H2,1H3,(H,24,27). The van der Waals surface area contributed by atoms with Crippen molar-refractivity contribution in [2.45, 2.75) is 43.9 Å². The molecular weight excluding hydrogens is 406 g/mol. The van der Waals surface area contributed by atoms with Crippen LogP contribution >= 0.6 is 23.4 Å². The number of rotatable bonds is 6. The summed E-state index contributed by atoms with van der Waals surface area (Å²) in [5.41, 5.74) is 4.68. The molecule has 4 rings (SSSR count). The number of carbonyl (C=O) groups is 1. The molecular formula is C22H22ClN3O2S. The molecule has 1 N–H and O–H groups in total. The number of benzene rings is 2. The van der Waals surface area contributed by atoms with Crippen molar-refractivity contribution in [1.82, 2.24) is 15.5 Å². The summed E-state index contributed by atoms with van der Waals surface area (Å²) < 4.78 is 5.63. The normalized spacial score (nSPS) is 14.3. The van der Waals surface area contributed by atoms with E-state index in [4.69, 9.17) is 16.0 Å². The molecule has 7 heteroatoms. The number of hydrogen-bond acceptors (Lipinski definition) is 5. The average Bonchev–Trinajstić information content (AvgIpc) is 3.21. The van der Waals surface area contributed by atoms with Gasteiger partial charge in [-0.1, -0.05) is 53.7 Å². The fraction of sp³-hybridized carbons (Fsp3) is 0.318. The van der Waals surface area contributed by atoms with Crippen molar-refractivity contribution in [3.8, 4) is 11.5 Å². The number of nitrogens with one attached hydrogen (secondary N) is 1. The second-order valence-corrected chi connectivity index (χ2v) is 8.50. The van der Waals surface area contributed by atoms with E-state index in [0.29, 0.717) is 21.7 Å². The minimum Gasteiger partial charge on any atom is -0.411 e. The minimum absolute atomic E-state index is 0.0447. The van der Waals surface area contributed by atoms with Crippen molar-refractivity contribution in [2.24, 2.45) is 0 Å². The Morgan fingerprint density at radius 1 is 1.17 bits per heavy atom. The van der Waals surface area contributed by atoms with Gasteiger partial charge in [0.25, 0.3) is 5.22 Å². The fourth-order valence-electron chi connectivity index (χ4n) is 3.53. The van der Waals surface area contributed by atoms with Gasteiger partial charge >= 0.3 is 0 Å². The molecule has 1 unspecified atom stereocenters. The summed E-state index contributed by atoms with van der Waals surface area (Å²) in [6, 6.07) is 13.8. The van der Waals surface area contributed by atoms with Crippen LogP contribution in [0.5, 0.6) is 0 Å². The maximum absolute atomic E-state index is 12.4. The van der Waals surface area contributed by atoms with Gasteiger partial charge in [-0.3, -0.25) is 4.79 Å². The Morgan fingerprint density at radius 2 is 1.97 bits per heavy atom. The van der Waals surface area contributed by atoms with E-state index in [2.05, 4.69) is 33.7 Å². The molecule has 0 aliphatic heterocycles. The first kappa shape index (κ1) is 20.0. The summed E-state index contributed by atoms with van der Waals surface area (Å²) in [5, 5.41) is 12.0. The highest BCUT2D eigenvalue weighted by Gasteiger charge is 2.16. The van der Waals surface area contributed by atoms with E-state index in [0.717, 1.165) is 18.4 Å². The van der Waals surface area contributed by atoms with Crippen LogP contribution in [0.2, 0.25) is 5.02 Å². The first-order valence-electron chi connectivity index (χ1n) is 9.72. The molecule has 150 valence electrons. The van der Waals surface area contributed by atoms with Crippen LogP contribution in [0, 0.1) is 0 Å². The van der Waals surface area contributed by atoms with Crippen LogP contribution in [0.25, 0.3) is 11.5 Å². The van der Waals surface area contributed by atoms with E-state index in [1.54, 1.807) is 6.07 Å². The Labute approximate surface area is 179 Å². The molecule has 1 atom stereocenters. The summed E-state index contributed by atoms with van der Waals surface area (Å²) in [6.45, 7) is 2.01. The maximum Gasteiger partial charge on any atom is 0.277 e. The van der Waals surface area contributed by atoms with Crippen LogP contribution in [0.15, 0.2) is 52.1 Å². The van der Waals surface area contributed by atoms with Crippen LogP contribution in [0.4, 0.5) is 0 Å². The molecule has 0 saturated carbocycles. The highest BCUT2D eigenvalue weighted by molar-refractivity contribution is 7.99. The molecule has 29 heavy (non-hydrogen) atoms. The second kappa shape index (κ2) is 9.01. The number of halogens is 1. The number of carbonyl (C=O) groups excluding carboxylic acids is 1. The van der Waals surface area contributed by atoms with E-state index in [9.17, 15) is 4.79 Å². The molecule has 1 heterocycles. The van der Waals surface area contributed by atoms with Gasteiger partial charge in [0.1, 0.15) is 0 Å². The monoisotopic (exact) mass is 427 g/mol. The lowest BCUT2D eigenvalue weighted by Gasteiger charge is -2.20. The van der Waals surface area contributed by atoms with E-state index in [1.165, 1.54) is 35.7 Å². The Morgan fingerprint density at radius 3 is 2.79 bits per heavy atom. The topological polar surface area (TPSA) is 68.0 Å². The van der Waals surface area contributed by atoms with Gasteiger partial charge < -0.3 is 9.73 Å². The molecule has 1 amide bonds. The predicted molar refractivity (Wildman–Crippen MR) is 115 cm³/mol. The molecule has 0 spiro atoms. The zero-order chi connectivity index (χ0) is 20.2. The summed E-state index contributed by atoms with van der Waals surface area (Å²) in [5.74, 6) is 0.484. The number of nitrogens with zero attached hydrogens (tertiary/aromatic N) is 2. The van der Waals surface area contributed by atoms with Crippen LogP contribution < -0.4 is 5.32 Å². The number of aryl methyl sites for hydroxylation is 2. The maximum atomic E-state index is 12.4. The molecule has 1 aliphatic rings. The van der Waals surface area contributed by atoms with Crippen molar-refractivity contribution in [3.63, 3.8) is 0 Å². The summed E-state index contributed by atoms with van der Waals surface area (Å²) in [7, 11) is 0. The van der Waals surface area contributed by atoms with Crippen molar-refractivity contribution in [1.29, 1.82) is 0 Å². The largest absolute Gasteiger partial charge is 0.411 e. The van der Waals surface area contributed by atoms with Gasteiger partial charge in [0.2, 0.25) is 11.8 Å². The van der Waals surface area contributed by atoms with Gasteiger partial charge in [-0.05, 0) is 61.4 Å². The zero-order valence-electron chi connectivity index (χ0n) is 16.2. The SMILES string of the molecule is CC(NC(=O)CSc1nnc(-c2ccccc2Cl)o1)c1ccc2c(c1)CCCC2. The number of thioether (sulfide) groups is 1. The summed E-state index contributed by atoms with van der Waals surface area (Å²) in [6.07, 6.45) is 4.80. The van der Waals surface area contributed by atoms with Crippen LogP contribution in [-0.2, 0) is 17.6 Å². The lowest BCUT2D eigenvalue weighted by atomic mass is 9.89. The number of amides is 1. The van der Waals surface area contributed by atoms with E-state index in [-0.39, 0.29) is 17.7 Å². The third-order valence-corrected chi connectivity index (χ3v) is 6.24. The Kier molecular flexibility index (Phi) is 6.21. The zero-order valence-corrected chi connectivity index (χ0v) is 17.7. The molecule has 5 nitrogen and oxygen atoms in total. The molecule has 3 aromatic rings. The van der Waals surface area contributed by atoms with Crippen molar-refractivity contribution >= 4 is 29.3 Å². The van der Waals surface area contributed by atoms with E-state index < -0.39 is 0 Å². The van der Waals surface area contributed by atoms with E-state index >= 15 is 0 Å². The third-order valence-electron chi connectivity index (χ3n) is 5.09. The predicted octanol–water partition coefficient (Wildman–Crippen LogP) is 5.24. The molecule has 0 bridgehead atoms. The molecule has 2 aromatic carbocycles. The number of hydrogen-bond donors (Lipinski definition) is 1. The fourth-order valence-corrected chi connectivity index (χ4v) is 4.32. The Bertz CT molecular complexity index is 1020. The summed E-state index contributed by atoms with van der Waals surface area (Å²) in [4.78, 5) is 12.4. The third kappa shape index (κ3) is 4.82. The van der Waals surface area contributed by atoms with Gasteiger partial charge in [0.15, 0.2) is 0 Å². The van der Waals surface area contributed by atoms with Crippen molar-refractivity contribution < 1.29 is 9.21 Å². The average molecular weight is 428 g/mol. The molecule has 0 saturated heterocycles. The van der Waals surface area contributed by atoms with Gasteiger partial charge in [0, 0.05) is 0 Å².